The molecule has 0 spiro atoms. The number of hydrogen-bond donors (Lipinski definition) is 2. The summed E-state index contributed by atoms with van der Waals surface area (Å²) in [6.07, 6.45) is 6.24. The Balaban J connectivity index is 2.12. The van der Waals surface area contributed by atoms with Gasteiger partial charge in [0.25, 0.3) is 5.91 Å². The van der Waals surface area contributed by atoms with E-state index in [1.165, 1.54) is 53.4 Å². The van der Waals surface area contributed by atoms with Gasteiger partial charge in [0.1, 0.15) is 0 Å². The highest BCUT2D eigenvalue weighted by atomic mass is 16.5. The number of rotatable bonds is 10. The molecule has 1 aromatic carbocycles. The molecule has 2 rings (SSSR count). The lowest BCUT2D eigenvalue weighted by atomic mass is 9.84. The number of ether oxygens (including phenoxy) is 4. The first-order valence-electron chi connectivity index (χ1n) is 10.0. The number of methoxy groups -OCH3 is 3. The molecular weight excluding hydrogens is 360 g/mol. The van der Waals surface area contributed by atoms with Gasteiger partial charge in [-0.15, -0.1) is 0 Å². The van der Waals surface area contributed by atoms with Crippen molar-refractivity contribution >= 4 is 11.6 Å². The van der Waals surface area contributed by atoms with E-state index in [2.05, 4.69) is 5.32 Å². The number of nitrogens with two attached hydrogens (primary N) is 1. The van der Waals surface area contributed by atoms with Crippen LogP contribution in [0.3, 0.4) is 0 Å². The van der Waals surface area contributed by atoms with Gasteiger partial charge in [0, 0.05) is 30.5 Å². The number of carbonyl (C=O) groups is 1. The van der Waals surface area contributed by atoms with Crippen molar-refractivity contribution in [2.45, 2.75) is 57.6 Å². The van der Waals surface area contributed by atoms with Crippen LogP contribution in [0.2, 0.25) is 0 Å². The molecule has 1 aromatic rings. The first kappa shape index (κ1) is 22.3. The molecule has 1 aliphatic carbocycles. The Labute approximate surface area is 167 Å². The summed E-state index contributed by atoms with van der Waals surface area (Å²) in [5, 5.41) is 2.89. The highest BCUT2D eigenvalue weighted by Crippen LogP contribution is 2.40. The van der Waals surface area contributed by atoms with E-state index in [1.54, 1.807) is 12.1 Å². The van der Waals surface area contributed by atoms with Gasteiger partial charge in [-0.2, -0.15) is 0 Å². The summed E-state index contributed by atoms with van der Waals surface area (Å²) in [7, 11) is 4.60. The molecule has 2 atom stereocenters. The van der Waals surface area contributed by atoms with Gasteiger partial charge in [-0.3, -0.25) is 4.79 Å². The summed E-state index contributed by atoms with van der Waals surface area (Å²) in [5.41, 5.74) is 6.93. The molecule has 0 bridgehead atoms. The predicted octanol–water partition coefficient (Wildman–Crippen LogP) is 3.35. The average Bonchev–Trinajstić information content (AvgIpc) is 2.71. The zero-order chi connectivity index (χ0) is 20.5. The first-order chi connectivity index (χ1) is 13.5. The third-order valence-electron chi connectivity index (χ3n) is 5.26. The molecule has 0 heterocycles. The fraction of sp³-hybridized carbons (Fsp3) is 0.667. The van der Waals surface area contributed by atoms with Crippen molar-refractivity contribution in [1.29, 1.82) is 0 Å². The van der Waals surface area contributed by atoms with E-state index in [4.69, 9.17) is 24.7 Å². The van der Waals surface area contributed by atoms with Gasteiger partial charge < -0.3 is 30.0 Å². The van der Waals surface area contributed by atoms with Crippen LogP contribution in [-0.2, 0) is 9.53 Å². The molecule has 0 aliphatic heterocycles. The molecule has 7 heteroatoms. The Bertz CT molecular complexity index is 606. The summed E-state index contributed by atoms with van der Waals surface area (Å²) >= 11 is 0. The number of nitrogens with one attached hydrogen (secondary N) is 1. The molecule has 1 amide bonds. The van der Waals surface area contributed by atoms with Crippen molar-refractivity contribution in [3.05, 3.63) is 12.1 Å². The third kappa shape index (κ3) is 5.75. The van der Waals surface area contributed by atoms with E-state index in [0.29, 0.717) is 35.5 Å². The Morgan fingerprint density at radius 3 is 2.21 bits per heavy atom. The molecule has 3 N–H and O–H groups in total. The maximum absolute atomic E-state index is 12.9. The smallest absolute Gasteiger partial charge is 0.255 e. The molecule has 0 saturated heterocycles. The molecule has 1 saturated carbocycles. The van der Waals surface area contributed by atoms with Crippen LogP contribution in [0.1, 0.15) is 45.4 Å². The van der Waals surface area contributed by atoms with E-state index in [0.717, 1.165) is 6.42 Å². The largest absolute Gasteiger partial charge is 0.493 e. The van der Waals surface area contributed by atoms with Crippen LogP contribution in [0, 0.1) is 5.92 Å². The van der Waals surface area contributed by atoms with Gasteiger partial charge in [0.2, 0.25) is 5.75 Å². The summed E-state index contributed by atoms with van der Waals surface area (Å²) in [6, 6.07) is 3.04. The van der Waals surface area contributed by atoms with Gasteiger partial charge in [-0.25, -0.2) is 0 Å². The van der Waals surface area contributed by atoms with Gasteiger partial charge in [0.15, 0.2) is 17.6 Å². The van der Waals surface area contributed by atoms with Crippen LogP contribution in [0.15, 0.2) is 12.1 Å². The maximum atomic E-state index is 12.9. The van der Waals surface area contributed by atoms with Crippen LogP contribution < -0.4 is 25.3 Å². The Morgan fingerprint density at radius 2 is 1.71 bits per heavy atom. The summed E-state index contributed by atoms with van der Waals surface area (Å²) < 4.78 is 21.7. The standard InChI is InChI=1S/C21H34N2O5/c1-5-28-19(16(22)11-14-9-7-6-8-10-14)21(24)23-15-12-17(25-2)20(27-4)18(13-15)26-3/h12-14,16,19H,5-11,22H2,1-4H3,(H,23,24)/t16-,19?/m1/s1. The minimum absolute atomic E-state index is 0.264. The highest BCUT2D eigenvalue weighted by molar-refractivity contribution is 5.95. The summed E-state index contributed by atoms with van der Waals surface area (Å²) in [4.78, 5) is 12.9. The first-order valence-corrected chi connectivity index (χ1v) is 10.0. The summed E-state index contributed by atoms with van der Waals surface area (Å²) in [6.45, 7) is 2.29. The fourth-order valence-electron chi connectivity index (χ4n) is 3.87. The van der Waals surface area contributed by atoms with E-state index >= 15 is 0 Å². The lowest BCUT2D eigenvalue weighted by molar-refractivity contribution is -0.128. The molecule has 28 heavy (non-hydrogen) atoms. The van der Waals surface area contributed by atoms with Crippen molar-refractivity contribution in [3.63, 3.8) is 0 Å². The molecule has 1 fully saturated rings. The number of carbonyl (C=O) groups excluding carboxylic acids is 1. The van der Waals surface area contributed by atoms with E-state index < -0.39 is 6.10 Å². The normalized spacial score (nSPS) is 16.9. The molecule has 1 unspecified atom stereocenters. The van der Waals surface area contributed by atoms with Gasteiger partial charge >= 0.3 is 0 Å². The van der Waals surface area contributed by atoms with Gasteiger partial charge in [-0.1, -0.05) is 32.1 Å². The van der Waals surface area contributed by atoms with E-state index in [9.17, 15) is 4.79 Å². The number of benzene rings is 1. The molecular formula is C21H34N2O5. The fourth-order valence-corrected chi connectivity index (χ4v) is 3.87. The maximum Gasteiger partial charge on any atom is 0.255 e. The van der Waals surface area contributed by atoms with Crippen molar-refractivity contribution in [1.82, 2.24) is 0 Å². The average molecular weight is 395 g/mol. The number of hydrogen-bond acceptors (Lipinski definition) is 6. The molecule has 0 radical (unpaired) electrons. The van der Waals surface area contributed by atoms with Crippen molar-refractivity contribution < 1.29 is 23.7 Å². The second-order valence-corrected chi connectivity index (χ2v) is 7.18. The highest BCUT2D eigenvalue weighted by Gasteiger charge is 2.29. The lowest BCUT2D eigenvalue weighted by Crippen LogP contribution is -2.46. The quantitative estimate of drug-likeness (QED) is 0.632. The van der Waals surface area contributed by atoms with Crippen LogP contribution in [0.25, 0.3) is 0 Å². The Hall–Kier alpha value is -1.99. The second kappa shape index (κ2) is 11.1. The van der Waals surface area contributed by atoms with Crippen LogP contribution >= 0.6 is 0 Å². The minimum Gasteiger partial charge on any atom is -0.493 e. The van der Waals surface area contributed by atoms with E-state index in [-0.39, 0.29) is 11.9 Å². The van der Waals surface area contributed by atoms with Crippen LogP contribution in [0.5, 0.6) is 17.2 Å². The van der Waals surface area contributed by atoms with Gasteiger partial charge in [0.05, 0.1) is 21.3 Å². The zero-order valence-electron chi connectivity index (χ0n) is 17.5. The number of amides is 1. The third-order valence-corrected chi connectivity index (χ3v) is 5.26. The SMILES string of the molecule is CCOC(C(=O)Nc1cc(OC)c(OC)c(OC)c1)[C@H](N)CC1CCCCC1. The molecule has 158 valence electrons. The second-order valence-electron chi connectivity index (χ2n) is 7.18. The van der Waals surface area contributed by atoms with E-state index in [1.807, 2.05) is 6.92 Å². The van der Waals surface area contributed by atoms with Crippen molar-refractivity contribution in [2.24, 2.45) is 11.7 Å². The number of anilines is 1. The Morgan fingerprint density at radius 1 is 1.11 bits per heavy atom. The van der Waals surface area contributed by atoms with Crippen LogP contribution in [0.4, 0.5) is 5.69 Å². The molecule has 7 nitrogen and oxygen atoms in total. The Kier molecular flexibility index (Phi) is 8.86. The predicted molar refractivity (Wildman–Crippen MR) is 109 cm³/mol. The zero-order valence-corrected chi connectivity index (χ0v) is 17.5. The minimum atomic E-state index is -0.703. The summed E-state index contributed by atoms with van der Waals surface area (Å²) in [5.74, 6) is 1.71. The molecule has 1 aliphatic rings. The van der Waals surface area contributed by atoms with Crippen molar-refractivity contribution in [3.8, 4) is 17.2 Å². The van der Waals surface area contributed by atoms with Crippen LogP contribution in [-0.4, -0.2) is 46.0 Å². The topological polar surface area (TPSA) is 92.0 Å². The van der Waals surface area contributed by atoms with Gasteiger partial charge in [-0.05, 0) is 19.3 Å². The monoisotopic (exact) mass is 394 g/mol. The lowest BCUT2D eigenvalue weighted by Gasteiger charge is -2.28. The van der Waals surface area contributed by atoms with Crippen molar-refractivity contribution in [2.75, 3.05) is 33.3 Å². The molecule has 0 aromatic heterocycles.